The molecule has 0 fully saturated rings. The average Bonchev–Trinajstić information content (AvgIpc) is 2.54. The minimum absolute atomic E-state index is 0.0294. The molecule has 132 valence electrons. The van der Waals surface area contributed by atoms with Crippen LogP contribution in [0.15, 0.2) is 28.0 Å². The fourth-order valence-corrected chi connectivity index (χ4v) is 2.94. The molecule has 0 unspecified atom stereocenters. The fraction of sp³-hybridized carbons (Fsp3) is 0.200. The third-order valence-electron chi connectivity index (χ3n) is 3.02. The van der Waals surface area contributed by atoms with Crippen molar-refractivity contribution in [2.75, 3.05) is 18.2 Å². The van der Waals surface area contributed by atoms with Crippen molar-refractivity contribution in [3.05, 3.63) is 50.8 Å². The Hall–Kier alpha value is -2.39. The number of methoxy groups -OCH3 is 1. The van der Waals surface area contributed by atoms with Gasteiger partial charge < -0.3 is 15.0 Å². The first kappa shape index (κ1) is 18.9. The Morgan fingerprint density at radius 3 is 2.80 bits per heavy atom. The van der Waals surface area contributed by atoms with E-state index < -0.39 is 23.4 Å². The van der Waals surface area contributed by atoms with Crippen LogP contribution in [0.2, 0.25) is 5.02 Å². The van der Waals surface area contributed by atoms with Gasteiger partial charge >= 0.3 is 11.7 Å². The summed E-state index contributed by atoms with van der Waals surface area (Å²) >= 11 is 6.51. The van der Waals surface area contributed by atoms with Crippen LogP contribution in [0.4, 0.5) is 10.1 Å². The van der Waals surface area contributed by atoms with E-state index in [9.17, 15) is 18.8 Å². The van der Waals surface area contributed by atoms with Crippen molar-refractivity contribution < 1.29 is 18.7 Å². The molecule has 2 rings (SSSR count). The van der Waals surface area contributed by atoms with E-state index in [-0.39, 0.29) is 32.7 Å². The Kier molecular flexibility index (Phi) is 6.16. The Labute approximate surface area is 150 Å². The number of esters is 1. The van der Waals surface area contributed by atoms with Crippen molar-refractivity contribution in [3.63, 3.8) is 0 Å². The zero-order chi connectivity index (χ0) is 18.6. The number of carbonyl (C=O) groups is 2. The number of aryl methyl sites for hydroxylation is 1. The molecule has 2 aromatic rings. The van der Waals surface area contributed by atoms with Crippen LogP contribution in [0.25, 0.3) is 0 Å². The van der Waals surface area contributed by atoms with E-state index in [2.05, 4.69) is 20.0 Å². The van der Waals surface area contributed by atoms with E-state index in [0.29, 0.717) is 0 Å². The van der Waals surface area contributed by atoms with Gasteiger partial charge in [-0.25, -0.2) is 14.0 Å². The van der Waals surface area contributed by atoms with Gasteiger partial charge in [0.2, 0.25) is 5.91 Å². The summed E-state index contributed by atoms with van der Waals surface area (Å²) in [6.45, 7) is 1.52. The molecule has 1 aromatic carbocycles. The smallest absolute Gasteiger partial charge is 0.346 e. The molecule has 10 heteroatoms. The van der Waals surface area contributed by atoms with Crippen LogP contribution in [0, 0.1) is 12.7 Å². The van der Waals surface area contributed by atoms with E-state index in [0.717, 1.165) is 17.8 Å². The van der Waals surface area contributed by atoms with Crippen molar-refractivity contribution in [3.8, 4) is 0 Å². The van der Waals surface area contributed by atoms with Crippen LogP contribution in [0.5, 0.6) is 0 Å². The van der Waals surface area contributed by atoms with Gasteiger partial charge in [-0.15, -0.1) is 0 Å². The van der Waals surface area contributed by atoms with Gasteiger partial charge in [-0.1, -0.05) is 23.4 Å². The van der Waals surface area contributed by atoms with Crippen molar-refractivity contribution in [2.45, 2.75) is 11.9 Å². The zero-order valence-corrected chi connectivity index (χ0v) is 14.8. The van der Waals surface area contributed by atoms with Crippen molar-refractivity contribution in [1.82, 2.24) is 9.97 Å². The maximum atomic E-state index is 13.7. The molecule has 1 heterocycles. The monoisotopic (exact) mass is 385 g/mol. The number of hydrogen-bond acceptors (Lipinski definition) is 6. The second-order valence-corrected chi connectivity index (χ2v) is 6.20. The summed E-state index contributed by atoms with van der Waals surface area (Å²) in [5.74, 6) is -2.09. The van der Waals surface area contributed by atoms with E-state index in [1.165, 1.54) is 26.2 Å². The molecular formula is C15H13ClFN3O4S. The first-order valence-corrected chi connectivity index (χ1v) is 8.25. The summed E-state index contributed by atoms with van der Waals surface area (Å²) in [6, 6.07) is 3.83. The third kappa shape index (κ3) is 4.80. The fourth-order valence-electron chi connectivity index (χ4n) is 1.92. The highest BCUT2D eigenvalue weighted by molar-refractivity contribution is 8.00. The summed E-state index contributed by atoms with van der Waals surface area (Å²) in [5, 5.41) is 2.64. The number of H-pyrrole nitrogens is 1. The number of nitrogens with zero attached hydrogens (tertiary/aromatic N) is 1. The number of aromatic nitrogens is 2. The van der Waals surface area contributed by atoms with E-state index in [4.69, 9.17) is 11.6 Å². The molecule has 0 atom stereocenters. The van der Waals surface area contributed by atoms with Crippen molar-refractivity contribution in [1.29, 1.82) is 0 Å². The summed E-state index contributed by atoms with van der Waals surface area (Å²) < 4.78 is 18.3. The lowest BCUT2D eigenvalue weighted by Gasteiger charge is -2.09. The van der Waals surface area contributed by atoms with E-state index >= 15 is 0 Å². The van der Waals surface area contributed by atoms with Gasteiger partial charge in [-0.3, -0.25) is 4.79 Å². The number of rotatable bonds is 5. The van der Waals surface area contributed by atoms with Gasteiger partial charge in [0.15, 0.2) is 0 Å². The highest BCUT2D eigenvalue weighted by atomic mass is 35.5. The number of halogens is 2. The Morgan fingerprint density at radius 1 is 1.44 bits per heavy atom. The maximum Gasteiger partial charge on any atom is 0.346 e. The second kappa shape index (κ2) is 8.13. The zero-order valence-electron chi connectivity index (χ0n) is 13.2. The Morgan fingerprint density at radius 2 is 2.16 bits per heavy atom. The summed E-state index contributed by atoms with van der Waals surface area (Å²) in [6.07, 6.45) is 0. The first-order chi connectivity index (χ1) is 11.8. The molecule has 2 N–H and O–H groups in total. The SMILES string of the molecule is COC(=O)c1c(SCC(=O)Nc2ccc(Cl)cc2F)nc(=O)[nH]c1C. The van der Waals surface area contributed by atoms with E-state index in [1.54, 1.807) is 0 Å². The molecule has 7 nitrogen and oxygen atoms in total. The summed E-state index contributed by atoms with van der Waals surface area (Å²) in [5.41, 5.74) is -0.342. The number of ether oxygens (including phenoxy) is 1. The summed E-state index contributed by atoms with van der Waals surface area (Å²) in [4.78, 5) is 41.4. The van der Waals surface area contributed by atoms with Crippen LogP contribution in [0.3, 0.4) is 0 Å². The van der Waals surface area contributed by atoms with Gasteiger partial charge in [-0.05, 0) is 25.1 Å². The quantitative estimate of drug-likeness (QED) is 0.465. The number of nitrogens with one attached hydrogen (secondary N) is 2. The number of benzene rings is 1. The van der Waals surface area contributed by atoms with Gasteiger partial charge in [0, 0.05) is 10.7 Å². The number of carbonyl (C=O) groups excluding carboxylic acids is 2. The molecule has 0 saturated heterocycles. The van der Waals surface area contributed by atoms with Gasteiger partial charge in [-0.2, -0.15) is 4.98 Å². The summed E-state index contributed by atoms with van der Waals surface area (Å²) in [7, 11) is 1.19. The minimum Gasteiger partial charge on any atom is -0.465 e. The molecule has 0 radical (unpaired) electrons. The van der Waals surface area contributed by atoms with Crippen LogP contribution in [0.1, 0.15) is 16.1 Å². The lowest BCUT2D eigenvalue weighted by molar-refractivity contribution is -0.113. The molecule has 0 bridgehead atoms. The van der Waals surface area contributed by atoms with Crippen LogP contribution in [-0.2, 0) is 9.53 Å². The number of thioether (sulfide) groups is 1. The predicted octanol–water partition coefficient (Wildman–Crippen LogP) is 2.39. The van der Waals surface area contributed by atoms with Gasteiger partial charge in [0.1, 0.15) is 16.4 Å². The van der Waals surface area contributed by atoms with Crippen LogP contribution < -0.4 is 11.0 Å². The molecule has 0 aliphatic rings. The normalized spacial score (nSPS) is 10.4. The Balaban J connectivity index is 2.14. The molecule has 0 saturated carbocycles. The topological polar surface area (TPSA) is 101 Å². The number of aromatic amines is 1. The van der Waals surface area contributed by atoms with E-state index in [1.807, 2.05) is 0 Å². The van der Waals surface area contributed by atoms with Crippen molar-refractivity contribution in [2.24, 2.45) is 0 Å². The van der Waals surface area contributed by atoms with Gasteiger partial charge in [0.05, 0.1) is 18.6 Å². The highest BCUT2D eigenvalue weighted by Crippen LogP contribution is 2.23. The lowest BCUT2D eigenvalue weighted by Crippen LogP contribution is -2.20. The highest BCUT2D eigenvalue weighted by Gasteiger charge is 2.19. The molecule has 0 spiro atoms. The third-order valence-corrected chi connectivity index (χ3v) is 4.23. The van der Waals surface area contributed by atoms with Crippen LogP contribution in [-0.4, -0.2) is 34.7 Å². The largest absolute Gasteiger partial charge is 0.465 e. The van der Waals surface area contributed by atoms with Crippen molar-refractivity contribution >= 4 is 40.9 Å². The van der Waals surface area contributed by atoms with Crippen LogP contribution >= 0.6 is 23.4 Å². The number of anilines is 1. The predicted molar refractivity (Wildman–Crippen MR) is 91.7 cm³/mol. The average molecular weight is 386 g/mol. The lowest BCUT2D eigenvalue weighted by atomic mass is 10.2. The molecule has 1 amide bonds. The first-order valence-electron chi connectivity index (χ1n) is 6.88. The standard InChI is InChI=1S/C15H13ClFN3O4S/c1-7-12(14(22)24-2)13(20-15(23)18-7)25-6-11(21)19-10-4-3-8(16)5-9(10)17/h3-5H,6H2,1-2H3,(H,19,21)(H,18,20,23). The number of hydrogen-bond donors (Lipinski definition) is 2. The number of amides is 1. The van der Waals surface area contributed by atoms with Gasteiger partial charge in [0.25, 0.3) is 0 Å². The molecular weight excluding hydrogens is 373 g/mol. The molecule has 1 aromatic heterocycles. The Bertz CT molecular complexity index is 888. The maximum absolute atomic E-state index is 13.7. The molecule has 0 aliphatic carbocycles. The molecule has 25 heavy (non-hydrogen) atoms. The minimum atomic E-state index is -0.687. The molecule has 0 aliphatic heterocycles. The second-order valence-electron chi connectivity index (χ2n) is 4.80.